The van der Waals surface area contributed by atoms with Gasteiger partial charge in [-0.2, -0.15) is 0 Å². The monoisotopic (exact) mass is 410 g/mol. The minimum absolute atomic E-state index is 0.338. The molecule has 0 aliphatic heterocycles. The average Bonchev–Trinajstić information content (AvgIpc) is 2.72. The number of amides is 2. The molecule has 0 aliphatic carbocycles. The Hall–Kier alpha value is -1.06. The van der Waals surface area contributed by atoms with Crippen LogP contribution in [-0.2, 0) is 9.59 Å². The molecule has 0 aromatic heterocycles. The van der Waals surface area contributed by atoms with Crippen LogP contribution in [0.15, 0.2) is 0 Å². The Bertz CT molecular complexity index is 346. The lowest BCUT2D eigenvalue weighted by atomic mass is 10.1. The van der Waals surface area contributed by atoms with Gasteiger partial charge in [-0.15, -0.1) is 0 Å². The first-order valence-electron chi connectivity index (χ1n) is 12.7. The van der Waals surface area contributed by atoms with E-state index >= 15 is 0 Å². The first kappa shape index (κ1) is 27.9. The summed E-state index contributed by atoms with van der Waals surface area (Å²) >= 11 is 0. The molecule has 0 radical (unpaired) electrons. The third-order valence-corrected chi connectivity index (χ3v) is 5.61. The highest BCUT2D eigenvalue weighted by molar-refractivity contribution is 5.76. The summed E-state index contributed by atoms with van der Waals surface area (Å²) in [5.41, 5.74) is 0. The molecule has 0 atom stereocenters. The fourth-order valence-electron chi connectivity index (χ4n) is 3.52. The second-order valence-electron chi connectivity index (χ2n) is 8.44. The topological polar surface area (TPSA) is 40.6 Å². The van der Waals surface area contributed by atoms with Crippen LogP contribution >= 0.6 is 0 Å². The van der Waals surface area contributed by atoms with E-state index < -0.39 is 0 Å². The summed E-state index contributed by atoms with van der Waals surface area (Å²) in [5.74, 6) is 0.675. The van der Waals surface area contributed by atoms with Gasteiger partial charge in [0.05, 0.1) is 0 Å². The van der Waals surface area contributed by atoms with E-state index in [9.17, 15) is 9.59 Å². The summed E-state index contributed by atoms with van der Waals surface area (Å²) in [5, 5.41) is 0. The van der Waals surface area contributed by atoms with Gasteiger partial charge in [-0.05, 0) is 38.5 Å². The minimum atomic E-state index is 0.338. The zero-order valence-electron chi connectivity index (χ0n) is 20.1. The molecule has 0 heterocycles. The zero-order valence-corrected chi connectivity index (χ0v) is 20.1. The first-order valence-corrected chi connectivity index (χ1v) is 12.7. The van der Waals surface area contributed by atoms with Gasteiger partial charge in [-0.3, -0.25) is 9.59 Å². The number of hydrogen-bond donors (Lipinski definition) is 0. The van der Waals surface area contributed by atoms with Gasteiger partial charge < -0.3 is 9.80 Å². The zero-order chi connectivity index (χ0) is 21.7. The standard InChI is InChI=1S/C25H50N2O2/c1-5-9-20-26(21-10-6-2)24(28)18-16-14-13-15-17-19-25(29)27(22-11-7-3)23-12-8-4/h5-23H2,1-4H3. The number of carbonyl (C=O) groups is 2. The summed E-state index contributed by atoms with van der Waals surface area (Å²) in [7, 11) is 0. The van der Waals surface area contributed by atoms with Gasteiger partial charge in [0.2, 0.25) is 11.8 Å². The molecule has 0 saturated heterocycles. The number of nitrogens with zero attached hydrogens (tertiary/aromatic N) is 2. The van der Waals surface area contributed by atoms with Crippen LogP contribution in [0.25, 0.3) is 0 Å². The number of hydrogen-bond acceptors (Lipinski definition) is 2. The number of unbranched alkanes of at least 4 members (excludes halogenated alkanes) is 8. The van der Waals surface area contributed by atoms with Crippen LogP contribution in [0.5, 0.6) is 0 Å². The maximum atomic E-state index is 12.5. The van der Waals surface area contributed by atoms with E-state index in [4.69, 9.17) is 0 Å². The van der Waals surface area contributed by atoms with Gasteiger partial charge >= 0.3 is 0 Å². The fourth-order valence-corrected chi connectivity index (χ4v) is 3.52. The number of rotatable bonds is 20. The van der Waals surface area contributed by atoms with Gasteiger partial charge in [0, 0.05) is 39.0 Å². The maximum Gasteiger partial charge on any atom is 0.222 e. The van der Waals surface area contributed by atoms with Crippen LogP contribution in [0, 0.1) is 0 Å². The quantitative estimate of drug-likeness (QED) is 0.213. The van der Waals surface area contributed by atoms with E-state index in [2.05, 4.69) is 37.5 Å². The predicted octanol–water partition coefficient (Wildman–Crippen LogP) is 6.57. The molecule has 0 N–H and O–H groups in total. The van der Waals surface area contributed by atoms with Crippen molar-refractivity contribution in [2.24, 2.45) is 0 Å². The lowest BCUT2D eigenvalue weighted by Crippen LogP contribution is -2.32. The third kappa shape index (κ3) is 15.4. The van der Waals surface area contributed by atoms with Gasteiger partial charge in [0.25, 0.3) is 0 Å². The first-order chi connectivity index (χ1) is 14.1. The van der Waals surface area contributed by atoms with Gasteiger partial charge in [-0.25, -0.2) is 0 Å². The minimum Gasteiger partial charge on any atom is -0.343 e. The highest BCUT2D eigenvalue weighted by atomic mass is 16.2. The third-order valence-electron chi connectivity index (χ3n) is 5.61. The van der Waals surface area contributed by atoms with Crippen LogP contribution in [0.3, 0.4) is 0 Å². The van der Waals surface area contributed by atoms with E-state index in [-0.39, 0.29) is 0 Å². The van der Waals surface area contributed by atoms with Crippen LogP contribution in [0.4, 0.5) is 0 Å². The Labute approximate surface area is 181 Å². The lowest BCUT2D eigenvalue weighted by Gasteiger charge is -2.22. The van der Waals surface area contributed by atoms with E-state index in [0.29, 0.717) is 24.7 Å². The Morgan fingerprint density at radius 1 is 0.448 bits per heavy atom. The molecular formula is C25H50N2O2. The van der Waals surface area contributed by atoms with Crippen LogP contribution in [-0.4, -0.2) is 47.8 Å². The summed E-state index contributed by atoms with van der Waals surface area (Å²) < 4.78 is 0. The van der Waals surface area contributed by atoms with Crippen LogP contribution in [0.1, 0.15) is 124 Å². The SMILES string of the molecule is CCCCN(CCCC)C(=O)CCCCCCCC(=O)N(CCCC)CCCC. The molecule has 0 aromatic carbocycles. The van der Waals surface area contributed by atoms with E-state index in [1.165, 1.54) is 0 Å². The molecule has 172 valence electrons. The molecule has 0 rings (SSSR count). The highest BCUT2D eigenvalue weighted by Crippen LogP contribution is 2.12. The van der Waals surface area contributed by atoms with E-state index in [0.717, 1.165) is 110 Å². The normalized spacial score (nSPS) is 10.9. The molecule has 0 saturated carbocycles. The summed E-state index contributed by atoms with van der Waals surface area (Å²) in [6, 6.07) is 0. The van der Waals surface area contributed by atoms with Gasteiger partial charge in [0.1, 0.15) is 0 Å². The van der Waals surface area contributed by atoms with Crippen LogP contribution in [0.2, 0.25) is 0 Å². The van der Waals surface area contributed by atoms with E-state index in [1.807, 2.05) is 0 Å². The van der Waals surface area contributed by atoms with Crippen molar-refractivity contribution in [3.8, 4) is 0 Å². The molecule has 29 heavy (non-hydrogen) atoms. The Morgan fingerprint density at radius 2 is 0.724 bits per heavy atom. The van der Waals surface area contributed by atoms with Crippen molar-refractivity contribution in [3.05, 3.63) is 0 Å². The largest absolute Gasteiger partial charge is 0.343 e. The molecule has 0 unspecified atom stereocenters. The molecule has 4 heteroatoms. The average molecular weight is 411 g/mol. The second-order valence-corrected chi connectivity index (χ2v) is 8.44. The van der Waals surface area contributed by atoms with Gasteiger partial charge in [0.15, 0.2) is 0 Å². The Kier molecular flexibility index (Phi) is 19.5. The van der Waals surface area contributed by atoms with Crippen molar-refractivity contribution in [1.82, 2.24) is 9.80 Å². The maximum absolute atomic E-state index is 12.5. The molecule has 0 spiro atoms. The van der Waals surface area contributed by atoms with Crippen molar-refractivity contribution in [3.63, 3.8) is 0 Å². The van der Waals surface area contributed by atoms with Crippen molar-refractivity contribution in [1.29, 1.82) is 0 Å². The fraction of sp³-hybridized carbons (Fsp3) is 0.920. The molecule has 0 aromatic rings. The lowest BCUT2D eigenvalue weighted by molar-refractivity contribution is -0.132. The van der Waals surface area contributed by atoms with Crippen molar-refractivity contribution >= 4 is 11.8 Å². The molecule has 0 fully saturated rings. The van der Waals surface area contributed by atoms with Crippen LogP contribution < -0.4 is 0 Å². The Balaban J connectivity index is 3.95. The van der Waals surface area contributed by atoms with Gasteiger partial charge in [-0.1, -0.05) is 72.6 Å². The summed E-state index contributed by atoms with van der Waals surface area (Å²) in [6.07, 6.45) is 15.7. The molecule has 2 amide bonds. The Morgan fingerprint density at radius 3 is 1.00 bits per heavy atom. The molecule has 0 bridgehead atoms. The molecule has 0 aliphatic rings. The predicted molar refractivity (Wildman–Crippen MR) is 125 cm³/mol. The van der Waals surface area contributed by atoms with Crippen molar-refractivity contribution in [2.45, 2.75) is 124 Å². The molecular weight excluding hydrogens is 360 g/mol. The molecule has 4 nitrogen and oxygen atoms in total. The van der Waals surface area contributed by atoms with Crippen molar-refractivity contribution < 1.29 is 9.59 Å². The number of carbonyl (C=O) groups excluding carboxylic acids is 2. The summed E-state index contributed by atoms with van der Waals surface area (Å²) in [4.78, 5) is 29.1. The van der Waals surface area contributed by atoms with E-state index in [1.54, 1.807) is 0 Å². The summed E-state index contributed by atoms with van der Waals surface area (Å²) in [6.45, 7) is 12.4. The smallest absolute Gasteiger partial charge is 0.222 e. The highest BCUT2D eigenvalue weighted by Gasteiger charge is 2.13. The van der Waals surface area contributed by atoms with Crippen molar-refractivity contribution in [2.75, 3.05) is 26.2 Å². The second kappa shape index (κ2) is 20.2.